The molecule has 1 aliphatic carbocycles. The van der Waals surface area contributed by atoms with Gasteiger partial charge in [-0.1, -0.05) is 39.5 Å². The number of rotatable bonds is 5. The third-order valence-corrected chi connectivity index (χ3v) is 4.49. The van der Waals surface area contributed by atoms with E-state index in [0.717, 1.165) is 38.5 Å². The monoisotopic (exact) mass is 241 g/mol. The Bertz CT molecular complexity index is 241. The molecular formula is C14H27NO2. The largest absolute Gasteiger partial charge is 0.480 e. The van der Waals surface area contributed by atoms with Gasteiger partial charge in [-0.2, -0.15) is 0 Å². The van der Waals surface area contributed by atoms with Crippen LogP contribution in [0.3, 0.4) is 0 Å². The van der Waals surface area contributed by atoms with Crippen molar-refractivity contribution in [1.82, 2.24) is 4.90 Å². The van der Waals surface area contributed by atoms with Gasteiger partial charge in [0.15, 0.2) is 0 Å². The quantitative estimate of drug-likeness (QED) is 0.751. The van der Waals surface area contributed by atoms with Crippen molar-refractivity contribution in [1.29, 1.82) is 0 Å². The van der Waals surface area contributed by atoms with Gasteiger partial charge in [0.25, 0.3) is 0 Å². The second kappa shape index (κ2) is 6.39. The summed E-state index contributed by atoms with van der Waals surface area (Å²) in [6, 6.07) is 0.393. The molecule has 1 N–H and O–H groups in total. The number of carbonyl (C=O) groups is 1. The minimum Gasteiger partial charge on any atom is -0.480 e. The maximum Gasteiger partial charge on any atom is 0.324 e. The van der Waals surface area contributed by atoms with E-state index in [1.54, 1.807) is 0 Å². The van der Waals surface area contributed by atoms with E-state index in [2.05, 4.69) is 18.7 Å². The number of likely N-dealkylation sites (N-methyl/N-ethyl adjacent to an activating group) is 1. The van der Waals surface area contributed by atoms with Gasteiger partial charge in [-0.25, -0.2) is 0 Å². The number of carboxylic acids is 1. The molecule has 1 rings (SSSR count). The maximum atomic E-state index is 11.8. The van der Waals surface area contributed by atoms with Crippen LogP contribution in [0.15, 0.2) is 0 Å². The number of hydrogen-bond donors (Lipinski definition) is 1. The van der Waals surface area contributed by atoms with E-state index in [0.29, 0.717) is 6.04 Å². The van der Waals surface area contributed by atoms with Crippen molar-refractivity contribution in [2.75, 3.05) is 7.05 Å². The molecule has 0 unspecified atom stereocenters. The molecule has 1 aliphatic rings. The molecule has 0 saturated heterocycles. The predicted octanol–water partition coefficient (Wildman–Crippen LogP) is 3.28. The van der Waals surface area contributed by atoms with Gasteiger partial charge in [0.05, 0.1) is 0 Å². The highest BCUT2D eigenvalue weighted by atomic mass is 16.4. The first-order valence-corrected chi connectivity index (χ1v) is 7.04. The molecule has 3 nitrogen and oxygen atoms in total. The van der Waals surface area contributed by atoms with E-state index in [1.807, 2.05) is 7.05 Å². The Labute approximate surface area is 105 Å². The van der Waals surface area contributed by atoms with E-state index in [1.165, 1.54) is 12.8 Å². The van der Waals surface area contributed by atoms with Crippen LogP contribution in [0.25, 0.3) is 0 Å². The second-order valence-corrected chi connectivity index (χ2v) is 5.33. The fraction of sp³-hybridized carbons (Fsp3) is 0.929. The molecule has 17 heavy (non-hydrogen) atoms. The smallest absolute Gasteiger partial charge is 0.324 e. The van der Waals surface area contributed by atoms with Gasteiger partial charge in [-0.15, -0.1) is 0 Å². The molecule has 0 spiro atoms. The van der Waals surface area contributed by atoms with Gasteiger partial charge >= 0.3 is 5.97 Å². The molecule has 0 radical (unpaired) electrons. The Morgan fingerprint density at radius 2 is 1.65 bits per heavy atom. The minimum atomic E-state index is -0.617. The van der Waals surface area contributed by atoms with Crippen LogP contribution < -0.4 is 0 Å². The molecule has 0 aliphatic heterocycles. The van der Waals surface area contributed by atoms with Crippen molar-refractivity contribution in [3.63, 3.8) is 0 Å². The summed E-state index contributed by atoms with van der Waals surface area (Å²) in [7, 11) is 2.01. The summed E-state index contributed by atoms with van der Waals surface area (Å²) < 4.78 is 0. The molecule has 0 aromatic heterocycles. The van der Waals surface area contributed by atoms with Crippen LogP contribution in [-0.4, -0.2) is 34.6 Å². The highest BCUT2D eigenvalue weighted by Crippen LogP contribution is 2.34. The van der Waals surface area contributed by atoms with E-state index >= 15 is 0 Å². The molecular weight excluding hydrogens is 214 g/mol. The Kier molecular flexibility index (Phi) is 5.44. The zero-order valence-corrected chi connectivity index (χ0v) is 11.5. The molecule has 0 aromatic rings. The Balaban J connectivity index is 2.92. The number of carboxylic acid groups (broad SMARTS) is 1. The van der Waals surface area contributed by atoms with Gasteiger partial charge in [0.1, 0.15) is 5.54 Å². The lowest BCUT2D eigenvalue weighted by atomic mass is 9.86. The zero-order chi connectivity index (χ0) is 12.9. The molecule has 0 atom stereocenters. The number of aliphatic carboxylic acids is 1. The summed E-state index contributed by atoms with van der Waals surface area (Å²) in [5.74, 6) is -0.617. The first-order valence-electron chi connectivity index (χ1n) is 7.04. The average molecular weight is 241 g/mol. The molecule has 0 aromatic carbocycles. The van der Waals surface area contributed by atoms with Crippen molar-refractivity contribution >= 4 is 5.97 Å². The second-order valence-electron chi connectivity index (χ2n) is 5.33. The van der Waals surface area contributed by atoms with E-state index in [9.17, 15) is 9.90 Å². The summed E-state index contributed by atoms with van der Waals surface area (Å²) >= 11 is 0. The average Bonchev–Trinajstić information content (AvgIpc) is 2.56. The molecule has 0 bridgehead atoms. The highest BCUT2D eigenvalue weighted by molar-refractivity contribution is 5.78. The zero-order valence-electron chi connectivity index (χ0n) is 11.5. The number of nitrogens with zero attached hydrogens (tertiary/aromatic N) is 1. The first kappa shape index (κ1) is 14.5. The molecule has 100 valence electrons. The van der Waals surface area contributed by atoms with Crippen LogP contribution in [0.5, 0.6) is 0 Å². The Morgan fingerprint density at radius 1 is 1.18 bits per heavy atom. The third-order valence-electron chi connectivity index (χ3n) is 4.49. The van der Waals surface area contributed by atoms with Crippen LogP contribution in [0, 0.1) is 0 Å². The van der Waals surface area contributed by atoms with Crippen molar-refractivity contribution in [2.45, 2.75) is 76.8 Å². The normalized spacial score (nSPS) is 20.5. The summed E-state index contributed by atoms with van der Waals surface area (Å²) in [6.45, 7) is 4.30. The summed E-state index contributed by atoms with van der Waals surface area (Å²) in [6.07, 6.45) is 8.17. The van der Waals surface area contributed by atoms with E-state index in [4.69, 9.17) is 0 Å². The Morgan fingerprint density at radius 3 is 2.00 bits per heavy atom. The Hall–Kier alpha value is -0.570. The van der Waals surface area contributed by atoms with Crippen molar-refractivity contribution < 1.29 is 9.90 Å². The van der Waals surface area contributed by atoms with Crippen LogP contribution in [-0.2, 0) is 4.79 Å². The lowest BCUT2D eigenvalue weighted by Crippen LogP contribution is -2.56. The third kappa shape index (κ3) is 3.01. The molecule has 1 saturated carbocycles. The lowest BCUT2D eigenvalue weighted by Gasteiger charge is -2.42. The highest BCUT2D eigenvalue weighted by Gasteiger charge is 2.44. The van der Waals surface area contributed by atoms with Crippen LogP contribution in [0.4, 0.5) is 0 Å². The number of hydrogen-bond acceptors (Lipinski definition) is 2. The van der Waals surface area contributed by atoms with Crippen LogP contribution in [0.2, 0.25) is 0 Å². The molecule has 0 amide bonds. The van der Waals surface area contributed by atoms with Crippen molar-refractivity contribution in [3.8, 4) is 0 Å². The summed E-state index contributed by atoms with van der Waals surface area (Å²) in [5.41, 5.74) is -0.604. The van der Waals surface area contributed by atoms with E-state index in [-0.39, 0.29) is 0 Å². The lowest BCUT2D eigenvalue weighted by molar-refractivity contribution is -0.153. The van der Waals surface area contributed by atoms with E-state index < -0.39 is 11.5 Å². The van der Waals surface area contributed by atoms with Gasteiger partial charge in [-0.05, 0) is 32.7 Å². The topological polar surface area (TPSA) is 40.5 Å². The van der Waals surface area contributed by atoms with Crippen LogP contribution in [0.1, 0.15) is 65.2 Å². The minimum absolute atomic E-state index is 0.393. The van der Waals surface area contributed by atoms with Crippen molar-refractivity contribution in [3.05, 3.63) is 0 Å². The van der Waals surface area contributed by atoms with Gasteiger partial charge in [0.2, 0.25) is 0 Å². The fourth-order valence-corrected chi connectivity index (χ4v) is 3.22. The van der Waals surface area contributed by atoms with Gasteiger partial charge in [-0.3, -0.25) is 9.69 Å². The van der Waals surface area contributed by atoms with Gasteiger partial charge in [0, 0.05) is 6.04 Å². The standard InChI is InChI=1S/C14H27NO2/c1-4-12(5-2)15(3)14(13(16)17)10-8-6-7-9-11-14/h12H,4-11H2,1-3H3,(H,16,17). The predicted molar refractivity (Wildman–Crippen MR) is 70.2 cm³/mol. The maximum absolute atomic E-state index is 11.8. The van der Waals surface area contributed by atoms with Crippen LogP contribution >= 0.6 is 0 Å². The molecule has 0 heterocycles. The SMILES string of the molecule is CCC(CC)N(C)C1(C(=O)O)CCCCCC1. The van der Waals surface area contributed by atoms with Crippen molar-refractivity contribution in [2.24, 2.45) is 0 Å². The summed E-state index contributed by atoms with van der Waals surface area (Å²) in [4.78, 5) is 13.9. The van der Waals surface area contributed by atoms with Gasteiger partial charge < -0.3 is 5.11 Å². The molecule has 1 fully saturated rings. The first-order chi connectivity index (χ1) is 8.08. The molecule has 3 heteroatoms. The fourth-order valence-electron chi connectivity index (χ4n) is 3.22. The summed E-state index contributed by atoms with van der Waals surface area (Å²) in [5, 5.41) is 9.68.